The number of nitrogens with zero attached hydrogens (tertiary/aromatic N) is 2. The van der Waals surface area contributed by atoms with Crippen molar-refractivity contribution >= 4 is 21.6 Å². The number of primary sulfonamides is 1. The van der Waals surface area contributed by atoms with E-state index in [1.807, 2.05) is 0 Å². The number of aryl methyl sites for hydroxylation is 1. The van der Waals surface area contributed by atoms with E-state index >= 15 is 0 Å². The van der Waals surface area contributed by atoms with Crippen LogP contribution in [0.4, 0.5) is 0 Å². The van der Waals surface area contributed by atoms with E-state index in [1.165, 1.54) is 0 Å². The Morgan fingerprint density at radius 3 is 2.40 bits per heavy atom. The van der Waals surface area contributed by atoms with Gasteiger partial charge in [0.1, 0.15) is 5.82 Å². The smallest absolute Gasteiger partial charge is 0.223 e. The summed E-state index contributed by atoms with van der Waals surface area (Å²) < 4.78 is 24.6. The van der Waals surface area contributed by atoms with Crippen molar-refractivity contribution in [2.75, 3.05) is 0 Å². The minimum atomic E-state index is -3.64. The van der Waals surface area contributed by atoms with E-state index in [2.05, 4.69) is 9.36 Å². The second-order valence-electron chi connectivity index (χ2n) is 1.65. The molecule has 2 N–H and O–H groups in total. The van der Waals surface area contributed by atoms with Gasteiger partial charge >= 0.3 is 0 Å². The second kappa shape index (κ2) is 2.26. The Kier molecular flexibility index (Phi) is 1.71. The minimum Gasteiger partial charge on any atom is -0.223 e. The van der Waals surface area contributed by atoms with Crippen LogP contribution in [-0.4, -0.2) is 17.8 Å². The maximum Gasteiger partial charge on any atom is 0.266 e. The highest BCUT2D eigenvalue weighted by Gasteiger charge is 2.12. The molecule has 0 aliphatic heterocycles. The first-order valence-electron chi connectivity index (χ1n) is 2.33. The van der Waals surface area contributed by atoms with Gasteiger partial charge in [0.15, 0.2) is 0 Å². The third kappa shape index (κ3) is 1.49. The van der Waals surface area contributed by atoms with Gasteiger partial charge in [0.05, 0.1) is 0 Å². The Bertz CT molecular complexity index is 327. The fourth-order valence-corrected chi connectivity index (χ4v) is 1.60. The number of nitrogens with two attached hydrogens (primary N) is 1. The summed E-state index contributed by atoms with van der Waals surface area (Å²) in [5.74, 6) is 0.425. The highest BCUT2D eigenvalue weighted by Crippen LogP contribution is 2.07. The lowest BCUT2D eigenvalue weighted by molar-refractivity contribution is 0.596. The van der Waals surface area contributed by atoms with Gasteiger partial charge in [-0.15, -0.1) is 0 Å². The molecule has 0 amide bonds. The SMILES string of the molecule is Cc1nsc(S(N)(=O)=O)n1. The highest BCUT2D eigenvalue weighted by molar-refractivity contribution is 7.91. The third-order valence-corrected chi connectivity index (χ3v) is 2.85. The Hall–Kier alpha value is -0.530. The van der Waals surface area contributed by atoms with Gasteiger partial charge in [-0.25, -0.2) is 18.5 Å². The Balaban J connectivity index is 3.21. The van der Waals surface area contributed by atoms with Crippen LogP contribution >= 0.6 is 11.5 Å². The van der Waals surface area contributed by atoms with Crippen molar-refractivity contribution in [2.24, 2.45) is 5.14 Å². The van der Waals surface area contributed by atoms with Gasteiger partial charge in [0.25, 0.3) is 10.0 Å². The van der Waals surface area contributed by atoms with Crippen molar-refractivity contribution in [3.63, 3.8) is 0 Å². The molecule has 0 fully saturated rings. The van der Waals surface area contributed by atoms with Gasteiger partial charge < -0.3 is 0 Å². The average molecular weight is 179 g/mol. The zero-order valence-corrected chi connectivity index (χ0v) is 6.74. The van der Waals surface area contributed by atoms with Crippen LogP contribution in [0.15, 0.2) is 4.34 Å². The van der Waals surface area contributed by atoms with Crippen molar-refractivity contribution in [1.29, 1.82) is 0 Å². The molecule has 1 heterocycles. The lowest BCUT2D eigenvalue weighted by atomic mass is 10.8. The summed E-state index contributed by atoms with van der Waals surface area (Å²) in [4.78, 5) is 3.58. The molecule has 0 aliphatic rings. The summed E-state index contributed by atoms with van der Waals surface area (Å²) in [7, 11) is -3.64. The van der Waals surface area contributed by atoms with E-state index in [4.69, 9.17) is 5.14 Å². The van der Waals surface area contributed by atoms with Crippen LogP contribution in [0.2, 0.25) is 0 Å². The molecule has 0 saturated heterocycles. The predicted octanol–water partition coefficient (Wildman–Crippen LogP) is -0.506. The molecule has 1 rings (SSSR count). The van der Waals surface area contributed by atoms with Crippen molar-refractivity contribution in [3.8, 4) is 0 Å². The molecule has 0 saturated carbocycles. The minimum absolute atomic E-state index is 0.134. The van der Waals surface area contributed by atoms with E-state index < -0.39 is 10.0 Å². The molecule has 0 radical (unpaired) electrons. The zero-order valence-electron chi connectivity index (χ0n) is 5.10. The largest absolute Gasteiger partial charge is 0.266 e. The summed E-state index contributed by atoms with van der Waals surface area (Å²) in [6, 6.07) is 0. The van der Waals surface area contributed by atoms with E-state index in [1.54, 1.807) is 6.92 Å². The average Bonchev–Trinajstić information content (AvgIpc) is 2.11. The summed E-state index contributed by atoms with van der Waals surface area (Å²) >= 11 is 0.782. The van der Waals surface area contributed by atoms with Crippen molar-refractivity contribution < 1.29 is 8.42 Å². The molecule has 1 aromatic rings. The standard InChI is InChI=1S/C3H5N3O2S2/c1-2-5-3(9-6-2)10(4,7)8/h1H3,(H2,4,7,8). The summed E-state index contributed by atoms with van der Waals surface area (Å²) in [5, 5.41) is 4.75. The highest BCUT2D eigenvalue weighted by atomic mass is 32.2. The number of aromatic nitrogens is 2. The summed E-state index contributed by atoms with van der Waals surface area (Å²) in [6.07, 6.45) is 0. The lowest BCUT2D eigenvalue weighted by Gasteiger charge is -1.84. The van der Waals surface area contributed by atoms with Gasteiger partial charge in [-0.2, -0.15) is 4.37 Å². The molecule has 0 spiro atoms. The van der Waals surface area contributed by atoms with E-state index in [9.17, 15) is 8.42 Å². The molecule has 0 unspecified atom stereocenters. The molecule has 0 aliphatic carbocycles. The fourth-order valence-electron chi connectivity index (χ4n) is 0.394. The molecule has 0 atom stereocenters. The van der Waals surface area contributed by atoms with Crippen LogP contribution in [0.3, 0.4) is 0 Å². The topological polar surface area (TPSA) is 85.9 Å². The monoisotopic (exact) mass is 179 g/mol. The molecule has 0 bridgehead atoms. The van der Waals surface area contributed by atoms with Crippen molar-refractivity contribution in [1.82, 2.24) is 9.36 Å². The van der Waals surface area contributed by atoms with Crippen LogP contribution in [-0.2, 0) is 10.0 Å². The molecule has 56 valence electrons. The first-order valence-corrected chi connectivity index (χ1v) is 4.65. The quantitative estimate of drug-likeness (QED) is 0.629. The van der Waals surface area contributed by atoms with Gasteiger partial charge in [-0.1, -0.05) is 0 Å². The van der Waals surface area contributed by atoms with Gasteiger partial charge in [0.2, 0.25) is 4.34 Å². The van der Waals surface area contributed by atoms with Crippen molar-refractivity contribution in [3.05, 3.63) is 5.82 Å². The van der Waals surface area contributed by atoms with Crippen LogP contribution in [0.5, 0.6) is 0 Å². The Morgan fingerprint density at radius 1 is 1.60 bits per heavy atom. The predicted molar refractivity (Wildman–Crippen MR) is 36.0 cm³/mol. The van der Waals surface area contributed by atoms with E-state index in [0.717, 1.165) is 11.5 Å². The zero-order chi connectivity index (χ0) is 7.78. The maximum atomic E-state index is 10.5. The molecule has 10 heavy (non-hydrogen) atoms. The Labute approximate surface area is 62.1 Å². The van der Waals surface area contributed by atoms with Gasteiger partial charge in [-0.3, -0.25) is 0 Å². The summed E-state index contributed by atoms with van der Waals surface area (Å²) in [6.45, 7) is 1.60. The van der Waals surface area contributed by atoms with E-state index in [-0.39, 0.29) is 4.34 Å². The summed E-state index contributed by atoms with van der Waals surface area (Å²) in [5.41, 5.74) is 0. The number of hydrogen-bond donors (Lipinski definition) is 1. The third-order valence-electron chi connectivity index (χ3n) is 0.752. The van der Waals surface area contributed by atoms with Gasteiger partial charge in [0, 0.05) is 0 Å². The molecule has 1 aromatic heterocycles. The molecule has 5 nitrogen and oxygen atoms in total. The fraction of sp³-hybridized carbons (Fsp3) is 0.333. The van der Waals surface area contributed by atoms with Crippen molar-refractivity contribution in [2.45, 2.75) is 11.3 Å². The maximum absolute atomic E-state index is 10.5. The molecule has 7 heteroatoms. The van der Waals surface area contributed by atoms with Gasteiger partial charge in [-0.05, 0) is 18.5 Å². The Morgan fingerprint density at radius 2 is 2.20 bits per heavy atom. The second-order valence-corrected chi connectivity index (χ2v) is 4.14. The van der Waals surface area contributed by atoms with E-state index in [0.29, 0.717) is 5.82 Å². The molecular formula is C3H5N3O2S2. The van der Waals surface area contributed by atoms with Crippen LogP contribution in [0.1, 0.15) is 5.82 Å². The van der Waals surface area contributed by atoms with Crippen LogP contribution in [0.25, 0.3) is 0 Å². The number of hydrogen-bond acceptors (Lipinski definition) is 5. The molecular weight excluding hydrogens is 174 g/mol. The number of sulfonamides is 1. The lowest BCUT2D eigenvalue weighted by Crippen LogP contribution is -2.11. The molecule has 0 aromatic carbocycles. The normalized spacial score (nSPS) is 11.8. The first kappa shape index (κ1) is 7.58. The van der Waals surface area contributed by atoms with Crippen LogP contribution in [0, 0.1) is 6.92 Å². The number of rotatable bonds is 1. The van der Waals surface area contributed by atoms with Crippen LogP contribution < -0.4 is 5.14 Å². The first-order chi connectivity index (χ1) is 4.50.